The van der Waals surface area contributed by atoms with E-state index >= 15 is 0 Å². The number of rotatable bonds is 8. The quantitative estimate of drug-likeness (QED) is 0.580. The van der Waals surface area contributed by atoms with E-state index in [-0.39, 0.29) is 17.8 Å². The van der Waals surface area contributed by atoms with Gasteiger partial charge in [-0.25, -0.2) is 12.8 Å². The van der Waals surface area contributed by atoms with E-state index in [9.17, 15) is 17.6 Å². The lowest BCUT2D eigenvalue weighted by Crippen LogP contribution is -2.51. The Kier molecular flexibility index (Phi) is 9.10. The molecule has 27 heavy (non-hydrogen) atoms. The molecule has 3 N–H and O–H groups in total. The molecule has 154 valence electrons. The SMILES string of the molecule is COCC1(CNC(=O)C(C)NS(=O)(=O)c2ccccc2F)CCNCC1.Cl. The van der Waals surface area contributed by atoms with E-state index in [1.807, 2.05) is 0 Å². The third kappa shape index (κ3) is 6.39. The zero-order valence-corrected chi connectivity index (χ0v) is 17.1. The number of hydrogen-bond acceptors (Lipinski definition) is 5. The Labute approximate surface area is 165 Å². The van der Waals surface area contributed by atoms with Crippen LogP contribution in [-0.4, -0.2) is 53.7 Å². The first kappa shape index (κ1) is 23.8. The molecule has 7 nitrogen and oxygen atoms in total. The number of piperidine rings is 1. The number of sulfonamides is 1. The van der Waals surface area contributed by atoms with Crippen molar-refractivity contribution in [1.29, 1.82) is 0 Å². The highest BCUT2D eigenvalue weighted by molar-refractivity contribution is 7.89. The molecule has 1 aromatic carbocycles. The van der Waals surface area contributed by atoms with Crippen molar-refractivity contribution < 1.29 is 22.3 Å². The fourth-order valence-corrected chi connectivity index (χ4v) is 4.36. The maximum atomic E-state index is 13.7. The van der Waals surface area contributed by atoms with Gasteiger partial charge in [0.25, 0.3) is 0 Å². The Hall–Kier alpha value is -1.26. The van der Waals surface area contributed by atoms with Gasteiger partial charge in [-0.3, -0.25) is 4.79 Å². The lowest BCUT2D eigenvalue weighted by Gasteiger charge is -2.37. The van der Waals surface area contributed by atoms with E-state index in [0.29, 0.717) is 13.2 Å². The van der Waals surface area contributed by atoms with Crippen molar-refractivity contribution in [2.75, 3.05) is 33.4 Å². The average Bonchev–Trinajstić information content (AvgIpc) is 2.60. The highest BCUT2D eigenvalue weighted by Gasteiger charge is 2.33. The first-order valence-electron chi connectivity index (χ1n) is 8.54. The molecule has 1 fully saturated rings. The van der Waals surface area contributed by atoms with Gasteiger partial charge in [0.15, 0.2) is 0 Å². The lowest BCUT2D eigenvalue weighted by atomic mass is 9.79. The van der Waals surface area contributed by atoms with Crippen LogP contribution in [0.3, 0.4) is 0 Å². The van der Waals surface area contributed by atoms with Crippen LogP contribution in [0.1, 0.15) is 19.8 Å². The van der Waals surface area contributed by atoms with Crippen molar-refractivity contribution in [3.8, 4) is 0 Å². The summed E-state index contributed by atoms with van der Waals surface area (Å²) in [6.45, 7) is 4.03. The van der Waals surface area contributed by atoms with Crippen molar-refractivity contribution in [3.05, 3.63) is 30.1 Å². The van der Waals surface area contributed by atoms with Crippen LogP contribution in [0, 0.1) is 11.2 Å². The minimum Gasteiger partial charge on any atom is -0.384 e. The largest absolute Gasteiger partial charge is 0.384 e. The van der Waals surface area contributed by atoms with Gasteiger partial charge in [-0.1, -0.05) is 12.1 Å². The van der Waals surface area contributed by atoms with Gasteiger partial charge in [0.2, 0.25) is 15.9 Å². The summed E-state index contributed by atoms with van der Waals surface area (Å²) in [5.41, 5.74) is -0.167. The van der Waals surface area contributed by atoms with Crippen LogP contribution in [-0.2, 0) is 19.6 Å². The van der Waals surface area contributed by atoms with Gasteiger partial charge in [0.05, 0.1) is 12.6 Å². The number of hydrogen-bond donors (Lipinski definition) is 3. The van der Waals surface area contributed by atoms with Crippen molar-refractivity contribution in [1.82, 2.24) is 15.4 Å². The second kappa shape index (κ2) is 10.3. The Morgan fingerprint density at radius 2 is 1.96 bits per heavy atom. The van der Waals surface area contributed by atoms with Crippen LogP contribution < -0.4 is 15.4 Å². The van der Waals surface area contributed by atoms with E-state index in [4.69, 9.17) is 4.74 Å². The van der Waals surface area contributed by atoms with E-state index in [1.54, 1.807) is 7.11 Å². The minimum absolute atomic E-state index is 0. The van der Waals surface area contributed by atoms with E-state index in [0.717, 1.165) is 38.1 Å². The monoisotopic (exact) mass is 423 g/mol. The summed E-state index contributed by atoms with van der Waals surface area (Å²) >= 11 is 0. The first-order valence-corrected chi connectivity index (χ1v) is 10.0. The van der Waals surface area contributed by atoms with E-state index < -0.39 is 32.7 Å². The fraction of sp³-hybridized carbons (Fsp3) is 0.588. The Morgan fingerprint density at radius 1 is 1.33 bits per heavy atom. The molecule has 1 amide bonds. The molecule has 0 aliphatic carbocycles. The third-order valence-corrected chi connectivity index (χ3v) is 6.18. The molecule has 1 aliphatic heterocycles. The molecule has 1 aromatic rings. The molecule has 10 heteroatoms. The van der Waals surface area contributed by atoms with Gasteiger partial charge in [0.1, 0.15) is 10.7 Å². The second-order valence-electron chi connectivity index (χ2n) is 6.67. The Balaban J connectivity index is 0.00000364. The van der Waals surface area contributed by atoms with Crippen LogP contribution >= 0.6 is 12.4 Å². The zero-order chi connectivity index (χ0) is 19.2. The fourth-order valence-electron chi connectivity index (χ4n) is 3.08. The molecule has 0 radical (unpaired) electrons. The summed E-state index contributed by atoms with van der Waals surface area (Å²) in [6.07, 6.45) is 1.72. The molecule has 0 saturated carbocycles. The summed E-state index contributed by atoms with van der Waals surface area (Å²) in [5.74, 6) is -1.32. The molecular weight excluding hydrogens is 397 g/mol. The van der Waals surface area contributed by atoms with E-state index in [2.05, 4.69) is 15.4 Å². The lowest BCUT2D eigenvalue weighted by molar-refractivity contribution is -0.123. The van der Waals surface area contributed by atoms with Crippen LogP contribution in [0.2, 0.25) is 0 Å². The maximum absolute atomic E-state index is 13.7. The van der Waals surface area contributed by atoms with Crippen LogP contribution in [0.4, 0.5) is 4.39 Å². The highest BCUT2D eigenvalue weighted by Crippen LogP contribution is 2.28. The first-order chi connectivity index (χ1) is 12.3. The molecule has 1 saturated heterocycles. The number of ether oxygens (including phenoxy) is 1. The predicted octanol–water partition coefficient (Wildman–Crippen LogP) is 1.05. The Bertz CT molecular complexity index is 721. The summed E-state index contributed by atoms with van der Waals surface area (Å²) in [5, 5.41) is 6.07. The minimum atomic E-state index is -4.12. The summed E-state index contributed by atoms with van der Waals surface area (Å²) < 4.78 is 45.8. The van der Waals surface area contributed by atoms with Gasteiger partial charge in [-0.05, 0) is 45.0 Å². The summed E-state index contributed by atoms with van der Waals surface area (Å²) in [4.78, 5) is 11.9. The number of halogens is 2. The average molecular weight is 424 g/mol. The summed E-state index contributed by atoms with van der Waals surface area (Å²) in [7, 11) is -2.50. The van der Waals surface area contributed by atoms with Crippen molar-refractivity contribution in [2.24, 2.45) is 5.41 Å². The maximum Gasteiger partial charge on any atom is 0.244 e. The number of amides is 1. The van der Waals surface area contributed by atoms with Gasteiger partial charge < -0.3 is 15.4 Å². The van der Waals surface area contributed by atoms with Gasteiger partial charge in [-0.15, -0.1) is 12.4 Å². The number of carbonyl (C=O) groups is 1. The molecule has 2 rings (SSSR count). The smallest absolute Gasteiger partial charge is 0.244 e. The van der Waals surface area contributed by atoms with Crippen LogP contribution in [0.25, 0.3) is 0 Å². The van der Waals surface area contributed by atoms with Gasteiger partial charge >= 0.3 is 0 Å². The molecule has 0 aromatic heterocycles. The van der Waals surface area contributed by atoms with E-state index in [1.165, 1.54) is 19.1 Å². The predicted molar refractivity (Wildman–Crippen MR) is 103 cm³/mol. The molecule has 1 aliphatic rings. The molecule has 1 atom stereocenters. The van der Waals surface area contributed by atoms with Gasteiger partial charge in [0, 0.05) is 19.1 Å². The molecule has 1 unspecified atom stereocenters. The van der Waals surface area contributed by atoms with Gasteiger partial charge in [-0.2, -0.15) is 4.72 Å². The number of nitrogens with one attached hydrogen (secondary N) is 3. The molecule has 0 bridgehead atoms. The second-order valence-corrected chi connectivity index (χ2v) is 8.36. The standard InChI is InChI=1S/C17H26FN3O4S.ClH/c1-13(21-26(23,24)15-6-4-3-5-14(15)18)16(22)20-11-17(12-25-2)7-9-19-10-8-17;/h3-6,13,19,21H,7-12H2,1-2H3,(H,20,22);1H. The molecular formula is C17H27ClFN3O4S. The number of carbonyl (C=O) groups excluding carboxylic acids is 1. The molecule has 0 spiro atoms. The normalized spacial score (nSPS) is 17.6. The van der Waals surface area contributed by atoms with Crippen molar-refractivity contribution in [3.63, 3.8) is 0 Å². The number of benzene rings is 1. The number of methoxy groups -OCH3 is 1. The highest BCUT2D eigenvalue weighted by atomic mass is 35.5. The topological polar surface area (TPSA) is 96.5 Å². The Morgan fingerprint density at radius 3 is 2.56 bits per heavy atom. The van der Waals surface area contributed by atoms with Crippen LogP contribution in [0.5, 0.6) is 0 Å². The van der Waals surface area contributed by atoms with Crippen molar-refractivity contribution in [2.45, 2.75) is 30.7 Å². The molecule has 1 heterocycles. The summed E-state index contributed by atoms with van der Waals surface area (Å²) in [6, 6.07) is 4.02. The third-order valence-electron chi connectivity index (χ3n) is 4.60. The zero-order valence-electron chi connectivity index (χ0n) is 15.5. The van der Waals surface area contributed by atoms with Crippen molar-refractivity contribution >= 4 is 28.3 Å². The van der Waals surface area contributed by atoms with Crippen LogP contribution in [0.15, 0.2) is 29.2 Å².